The second-order valence-electron chi connectivity index (χ2n) is 6.52. The van der Waals surface area contributed by atoms with Crippen molar-refractivity contribution >= 4 is 5.78 Å². The second-order valence-corrected chi connectivity index (χ2v) is 6.52. The van der Waals surface area contributed by atoms with E-state index in [4.69, 9.17) is 13.9 Å². The van der Waals surface area contributed by atoms with E-state index < -0.39 is 0 Å². The van der Waals surface area contributed by atoms with Crippen molar-refractivity contribution in [2.75, 3.05) is 27.3 Å². The van der Waals surface area contributed by atoms with Crippen molar-refractivity contribution < 1.29 is 18.7 Å². The van der Waals surface area contributed by atoms with E-state index >= 15 is 0 Å². The van der Waals surface area contributed by atoms with Crippen molar-refractivity contribution in [2.45, 2.75) is 26.3 Å². The summed E-state index contributed by atoms with van der Waals surface area (Å²) in [5.74, 6) is 3.25. The van der Waals surface area contributed by atoms with Gasteiger partial charge >= 0.3 is 0 Å². The van der Waals surface area contributed by atoms with Crippen molar-refractivity contribution in [3.63, 3.8) is 0 Å². The van der Waals surface area contributed by atoms with Crippen molar-refractivity contribution in [3.05, 3.63) is 47.4 Å². The summed E-state index contributed by atoms with van der Waals surface area (Å²) in [5, 5.41) is 0. The zero-order chi connectivity index (χ0) is 17.8. The molecule has 0 radical (unpaired) electrons. The van der Waals surface area contributed by atoms with Gasteiger partial charge in [-0.25, -0.2) is 0 Å². The fourth-order valence-electron chi connectivity index (χ4n) is 3.43. The van der Waals surface area contributed by atoms with Gasteiger partial charge in [-0.15, -0.1) is 0 Å². The summed E-state index contributed by atoms with van der Waals surface area (Å²) >= 11 is 0. The van der Waals surface area contributed by atoms with Crippen LogP contribution in [0.5, 0.6) is 11.5 Å². The van der Waals surface area contributed by atoms with Crippen LogP contribution in [0.2, 0.25) is 0 Å². The minimum Gasteiger partial charge on any atom is -0.497 e. The van der Waals surface area contributed by atoms with E-state index in [1.807, 2.05) is 25.1 Å². The largest absolute Gasteiger partial charge is 0.497 e. The molecule has 5 heteroatoms. The van der Waals surface area contributed by atoms with Gasteiger partial charge in [0.2, 0.25) is 0 Å². The van der Waals surface area contributed by atoms with Crippen molar-refractivity contribution in [1.29, 1.82) is 0 Å². The quantitative estimate of drug-likeness (QED) is 0.749. The Balaban J connectivity index is 1.71. The third-order valence-electron chi connectivity index (χ3n) is 4.73. The molecule has 1 aromatic heterocycles. The summed E-state index contributed by atoms with van der Waals surface area (Å²) in [5.41, 5.74) is 0.629. The van der Waals surface area contributed by atoms with Gasteiger partial charge in [0, 0.05) is 18.5 Å². The summed E-state index contributed by atoms with van der Waals surface area (Å²) < 4.78 is 16.3. The van der Waals surface area contributed by atoms with Gasteiger partial charge in [0.05, 0.1) is 26.3 Å². The maximum atomic E-state index is 13.0. The van der Waals surface area contributed by atoms with Crippen LogP contribution in [0.25, 0.3) is 0 Å². The molecule has 3 rings (SSSR count). The molecule has 1 aliphatic heterocycles. The Hall–Kier alpha value is -2.27. The Kier molecular flexibility index (Phi) is 5.43. The van der Waals surface area contributed by atoms with Crippen molar-refractivity contribution in [3.8, 4) is 11.5 Å². The minimum atomic E-state index is -0.0212. The maximum Gasteiger partial charge on any atom is 0.170 e. The van der Waals surface area contributed by atoms with Crippen LogP contribution in [-0.4, -0.2) is 38.0 Å². The predicted molar refractivity (Wildman–Crippen MR) is 95.3 cm³/mol. The lowest BCUT2D eigenvalue weighted by molar-refractivity contribution is 0.0799. The molecule has 1 aromatic carbocycles. The second kappa shape index (κ2) is 7.74. The summed E-state index contributed by atoms with van der Waals surface area (Å²) in [4.78, 5) is 15.3. The first-order chi connectivity index (χ1) is 12.1. The molecule has 0 spiro atoms. The number of Topliss-reactive ketones (excluding diaryl/α,β-unsaturated/α-hetero) is 1. The molecule has 25 heavy (non-hydrogen) atoms. The molecule has 0 unspecified atom stereocenters. The zero-order valence-corrected chi connectivity index (χ0v) is 15.1. The van der Waals surface area contributed by atoms with Gasteiger partial charge in [-0.2, -0.15) is 0 Å². The summed E-state index contributed by atoms with van der Waals surface area (Å²) in [7, 11) is 3.18. The topological polar surface area (TPSA) is 51.9 Å². The third-order valence-corrected chi connectivity index (χ3v) is 4.73. The first-order valence-corrected chi connectivity index (χ1v) is 8.64. The van der Waals surface area contributed by atoms with Gasteiger partial charge in [-0.1, -0.05) is 0 Å². The molecule has 0 N–H and O–H groups in total. The van der Waals surface area contributed by atoms with Crippen LogP contribution in [0.4, 0.5) is 0 Å². The summed E-state index contributed by atoms with van der Waals surface area (Å²) in [6.07, 6.45) is 1.91. The highest BCUT2D eigenvalue weighted by Crippen LogP contribution is 2.30. The molecule has 1 aliphatic rings. The number of aryl methyl sites for hydroxylation is 1. The molecule has 0 bridgehead atoms. The summed E-state index contributed by atoms with van der Waals surface area (Å²) in [6, 6.07) is 9.35. The molecule has 1 saturated heterocycles. The van der Waals surface area contributed by atoms with Crippen LogP contribution in [0.1, 0.15) is 34.7 Å². The van der Waals surface area contributed by atoms with Gasteiger partial charge < -0.3 is 13.9 Å². The van der Waals surface area contributed by atoms with Crippen LogP contribution in [0, 0.1) is 12.8 Å². The van der Waals surface area contributed by atoms with E-state index in [1.54, 1.807) is 26.4 Å². The average Bonchev–Trinajstić information content (AvgIpc) is 3.05. The molecule has 0 amide bonds. The van der Waals surface area contributed by atoms with Crippen LogP contribution in [-0.2, 0) is 6.54 Å². The van der Waals surface area contributed by atoms with Crippen LogP contribution >= 0.6 is 0 Å². The molecular formula is C20H25NO4. The number of likely N-dealkylation sites (tertiary alicyclic amines) is 1. The number of rotatable bonds is 6. The number of piperidine rings is 1. The lowest BCUT2D eigenvalue weighted by atomic mass is 9.89. The van der Waals surface area contributed by atoms with E-state index in [1.165, 1.54) is 0 Å². The number of ether oxygens (including phenoxy) is 2. The Morgan fingerprint density at radius 3 is 2.76 bits per heavy atom. The van der Waals surface area contributed by atoms with E-state index in [2.05, 4.69) is 4.90 Å². The first kappa shape index (κ1) is 17.5. The van der Waals surface area contributed by atoms with E-state index in [0.29, 0.717) is 17.1 Å². The molecule has 5 nitrogen and oxygen atoms in total. The van der Waals surface area contributed by atoms with Crippen LogP contribution in [0.15, 0.2) is 34.7 Å². The molecule has 134 valence electrons. The molecule has 1 fully saturated rings. The fraction of sp³-hybridized carbons (Fsp3) is 0.450. The SMILES string of the molecule is COc1ccc(C(=O)[C@H]2CCCN(Cc3ccc(C)o3)C2)c(OC)c1. The van der Waals surface area contributed by atoms with Gasteiger partial charge in [-0.05, 0) is 50.6 Å². The van der Waals surface area contributed by atoms with Crippen LogP contribution in [0.3, 0.4) is 0 Å². The van der Waals surface area contributed by atoms with Gasteiger partial charge in [-0.3, -0.25) is 9.69 Å². The van der Waals surface area contributed by atoms with E-state index in [0.717, 1.165) is 44.0 Å². The van der Waals surface area contributed by atoms with Crippen LogP contribution < -0.4 is 9.47 Å². The fourth-order valence-corrected chi connectivity index (χ4v) is 3.43. The Labute approximate surface area is 148 Å². The monoisotopic (exact) mass is 343 g/mol. The lowest BCUT2D eigenvalue weighted by Crippen LogP contribution is -2.38. The number of carbonyl (C=O) groups is 1. The highest BCUT2D eigenvalue weighted by Gasteiger charge is 2.28. The average molecular weight is 343 g/mol. The number of methoxy groups -OCH3 is 2. The predicted octanol–water partition coefficient (Wildman–Crippen LogP) is 3.70. The summed E-state index contributed by atoms with van der Waals surface area (Å²) in [6.45, 7) is 4.43. The molecule has 0 aliphatic carbocycles. The highest BCUT2D eigenvalue weighted by atomic mass is 16.5. The standard InChI is InChI=1S/C20H25NO4/c1-14-6-7-17(25-14)13-21-10-4-5-15(12-21)20(22)18-9-8-16(23-2)11-19(18)24-3/h6-9,11,15H,4-5,10,12-13H2,1-3H3/t15-/m0/s1. The number of nitrogens with zero attached hydrogens (tertiary/aromatic N) is 1. The van der Waals surface area contributed by atoms with Crippen molar-refractivity contribution in [2.24, 2.45) is 5.92 Å². The van der Waals surface area contributed by atoms with E-state index in [-0.39, 0.29) is 11.7 Å². The number of ketones is 1. The number of benzene rings is 1. The number of hydrogen-bond acceptors (Lipinski definition) is 5. The Morgan fingerprint density at radius 1 is 1.24 bits per heavy atom. The molecule has 1 atom stereocenters. The van der Waals surface area contributed by atoms with Gasteiger partial charge in [0.15, 0.2) is 5.78 Å². The lowest BCUT2D eigenvalue weighted by Gasteiger charge is -2.31. The minimum absolute atomic E-state index is 0.0212. The molecule has 2 heterocycles. The number of hydrogen-bond donors (Lipinski definition) is 0. The van der Waals surface area contributed by atoms with E-state index in [9.17, 15) is 4.79 Å². The molecular weight excluding hydrogens is 318 g/mol. The smallest absolute Gasteiger partial charge is 0.170 e. The maximum absolute atomic E-state index is 13.0. The van der Waals surface area contributed by atoms with Gasteiger partial charge in [0.1, 0.15) is 23.0 Å². The third kappa shape index (κ3) is 4.04. The Bertz CT molecular complexity index is 737. The van der Waals surface area contributed by atoms with Crippen molar-refractivity contribution in [1.82, 2.24) is 4.90 Å². The highest BCUT2D eigenvalue weighted by molar-refractivity contribution is 6.00. The number of carbonyl (C=O) groups excluding carboxylic acids is 1. The Morgan fingerprint density at radius 2 is 2.08 bits per heavy atom. The normalized spacial score (nSPS) is 18.1. The first-order valence-electron chi connectivity index (χ1n) is 8.64. The molecule has 2 aromatic rings. The number of furan rings is 1. The zero-order valence-electron chi connectivity index (χ0n) is 15.1. The van der Waals surface area contributed by atoms with Gasteiger partial charge in [0.25, 0.3) is 0 Å². The molecule has 0 saturated carbocycles.